The zero-order valence-corrected chi connectivity index (χ0v) is 20.9. The lowest BCUT2D eigenvalue weighted by molar-refractivity contribution is -0.156. The third kappa shape index (κ3) is 7.17. The number of benzene rings is 2. The summed E-state index contributed by atoms with van der Waals surface area (Å²) < 4.78 is 16.7. The highest BCUT2D eigenvalue weighted by Gasteiger charge is 2.20. The molecule has 0 fully saturated rings. The van der Waals surface area contributed by atoms with Crippen LogP contribution in [0.5, 0.6) is 5.75 Å². The van der Waals surface area contributed by atoms with E-state index in [2.05, 4.69) is 18.3 Å². The largest absolute Gasteiger partial charge is 0.488 e. The highest BCUT2D eigenvalue weighted by Crippen LogP contribution is 2.32. The summed E-state index contributed by atoms with van der Waals surface area (Å²) in [6.07, 6.45) is -0.141. The molecule has 1 atom stereocenters. The number of ether oxygens (including phenoxy) is 3. The third-order valence-corrected chi connectivity index (χ3v) is 6.40. The number of carbonyl (C=O) groups excluding carboxylic acids is 2. The summed E-state index contributed by atoms with van der Waals surface area (Å²) in [5.74, 6) is 0.348. The number of aryl methyl sites for hydroxylation is 1. The van der Waals surface area contributed by atoms with Crippen LogP contribution in [0.1, 0.15) is 36.8 Å². The maximum absolute atomic E-state index is 12.1. The topological polar surface area (TPSA) is 73.9 Å². The molecule has 6 nitrogen and oxygen atoms in total. The van der Waals surface area contributed by atoms with Gasteiger partial charge in [0.1, 0.15) is 12.4 Å². The van der Waals surface area contributed by atoms with Crippen molar-refractivity contribution in [2.45, 2.75) is 46.8 Å². The van der Waals surface area contributed by atoms with Crippen LogP contribution in [0.25, 0.3) is 10.4 Å². The van der Waals surface area contributed by atoms with E-state index in [1.807, 2.05) is 55.5 Å². The lowest BCUT2D eigenvalue weighted by Crippen LogP contribution is -2.28. The summed E-state index contributed by atoms with van der Waals surface area (Å²) in [7, 11) is 0. The molecular weight excluding hydrogens is 450 g/mol. The average molecular weight is 482 g/mol. The predicted octanol–water partition coefficient (Wildman–Crippen LogP) is 5.77. The molecule has 1 amide bonds. The van der Waals surface area contributed by atoms with E-state index >= 15 is 0 Å². The Morgan fingerprint density at radius 1 is 1.00 bits per heavy atom. The normalized spacial score (nSPS) is 11.6. The second-order valence-corrected chi connectivity index (χ2v) is 8.94. The fourth-order valence-corrected chi connectivity index (χ4v) is 4.55. The molecule has 3 rings (SSSR count). The molecule has 0 aliphatic heterocycles. The zero-order chi connectivity index (χ0) is 24.5. The molecule has 7 heteroatoms. The SMILES string of the molecule is CCOC(=O)C(Cc1ccc(OCc2sc(-c3ccc(NC(C)=O)cc3)cc2C)cc1)OCC. The Labute approximate surface area is 204 Å². The first-order valence-corrected chi connectivity index (χ1v) is 12.2. The summed E-state index contributed by atoms with van der Waals surface area (Å²) in [6, 6.07) is 17.7. The molecule has 1 N–H and O–H groups in total. The molecule has 0 bridgehead atoms. The minimum atomic E-state index is -0.601. The second kappa shape index (κ2) is 12.3. The van der Waals surface area contributed by atoms with Gasteiger partial charge in [0.2, 0.25) is 5.91 Å². The molecule has 1 heterocycles. The van der Waals surface area contributed by atoms with Gasteiger partial charge in [-0.05, 0) is 67.8 Å². The maximum atomic E-state index is 12.1. The predicted molar refractivity (Wildman–Crippen MR) is 135 cm³/mol. The van der Waals surface area contributed by atoms with Crippen LogP contribution in [0.15, 0.2) is 54.6 Å². The number of thiophene rings is 1. The monoisotopic (exact) mass is 481 g/mol. The number of anilines is 1. The number of amides is 1. The number of hydrogen-bond donors (Lipinski definition) is 1. The van der Waals surface area contributed by atoms with Crippen molar-refractivity contribution in [3.8, 4) is 16.2 Å². The quantitative estimate of drug-likeness (QED) is 0.352. The molecule has 1 aromatic heterocycles. The van der Waals surface area contributed by atoms with Crippen LogP contribution in [-0.4, -0.2) is 31.2 Å². The van der Waals surface area contributed by atoms with E-state index in [-0.39, 0.29) is 11.9 Å². The Bertz CT molecular complexity index is 1090. The molecule has 3 aromatic rings. The van der Waals surface area contributed by atoms with Gasteiger partial charge in [-0.1, -0.05) is 24.3 Å². The standard InChI is InChI=1S/C27H31NO5S/c1-5-31-24(27(30)32-6-2)16-20-7-13-23(14-8-20)33-17-26-18(3)15-25(34-26)21-9-11-22(12-10-21)28-19(4)29/h7-15,24H,5-6,16-17H2,1-4H3,(H,28,29). The fraction of sp³-hybridized carbons (Fsp3) is 0.333. The molecular formula is C27H31NO5S. The number of hydrogen-bond acceptors (Lipinski definition) is 6. The summed E-state index contributed by atoms with van der Waals surface area (Å²) in [5.41, 5.74) is 4.04. The summed E-state index contributed by atoms with van der Waals surface area (Å²) in [5, 5.41) is 2.78. The smallest absolute Gasteiger partial charge is 0.335 e. The zero-order valence-electron chi connectivity index (χ0n) is 20.1. The lowest BCUT2D eigenvalue weighted by Gasteiger charge is -2.15. The van der Waals surface area contributed by atoms with E-state index in [0.717, 1.165) is 32.3 Å². The van der Waals surface area contributed by atoms with Gasteiger partial charge in [-0.3, -0.25) is 4.79 Å². The third-order valence-electron chi connectivity index (χ3n) is 5.14. The van der Waals surface area contributed by atoms with Gasteiger partial charge in [-0.15, -0.1) is 11.3 Å². The Balaban J connectivity index is 1.60. The summed E-state index contributed by atoms with van der Waals surface area (Å²) in [6.45, 7) is 8.49. The van der Waals surface area contributed by atoms with Crippen molar-refractivity contribution in [2.24, 2.45) is 0 Å². The molecule has 0 aliphatic carbocycles. The molecule has 0 radical (unpaired) electrons. The van der Waals surface area contributed by atoms with E-state index in [0.29, 0.717) is 26.2 Å². The first-order valence-electron chi connectivity index (χ1n) is 11.4. The Morgan fingerprint density at radius 3 is 2.32 bits per heavy atom. The van der Waals surface area contributed by atoms with E-state index < -0.39 is 6.10 Å². The molecule has 2 aromatic carbocycles. The van der Waals surface area contributed by atoms with Gasteiger partial charge < -0.3 is 19.5 Å². The van der Waals surface area contributed by atoms with Crippen molar-refractivity contribution < 1.29 is 23.8 Å². The van der Waals surface area contributed by atoms with Gasteiger partial charge in [-0.2, -0.15) is 0 Å². The highest BCUT2D eigenvalue weighted by atomic mass is 32.1. The van der Waals surface area contributed by atoms with E-state index in [4.69, 9.17) is 14.2 Å². The molecule has 34 heavy (non-hydrogen) atoms. The molecule has 0 saturated carbocycles. The van der Waals surface area contributed by atoms with Crippen LogP contribution in [0, 0.1) is 6.92 Å². The minimum absolute atomic E-state index is 0.0831. The Kier molecular flexibility index (Phi) is 9.24. The molecule has 180 valence electrons. The van der Waals surface area contributed by atoms with Crippen LogP contribution < -0.4 is 10.1 Å². The van der Waals surface area contributed by atoms with Crippen molar-refractivity contribution in [2.75, 3.05) is 18.5 Å². The van der Waals surface area contributed by atoms with Crippen LogP contribution in [-0.2, 0) is 32.1 Å². The van der Waals surface area contributed by atoms with Gasteiger partial charge in [0, 0.05) is 35.4 Å². The molecule has 0 saturated heterocycles. The minimum Gasteiger partial charge on any atom is -0.488 e. The second-order valence-electron chi connectivity index (χ2n) is 7.81. The Morgan fingerprint density at radius 2 is 1.71 bits per heavy atom. The van der Waals surface area contributed by atoms with Crippen molar-refractivity contribution in [3.05, 3.63) is 70.6 Å². The van der Waals surface area contributed by atoms with Crippen LogP contribution in [0.3, 0.4) is 0 Å². The van der Waals surface area contributed by atoms with Gasteiger partial charge in [-0.25, -0.2) is 4.79 Å². The summed E-state index contributed by atoms with van der Waals surface area (Å²) in [4.78, 5) is 25.6. The van der Waals surface area contributed by atoms with E-state index in [1.165, 1.54) is 12.5 Å². The van der Waals surface area contributed by atoms with Crippen molar-refractivity contribution in [3.63, 3.8) is 0 Å². The highest BCUT2D eigenvalue weighted by molar-refractivity contribution is 7.15. The van der Waals surface area contributed by atoms with Crippen LogP contribution >= 0.6 is 11.3 Å². The fourth-order valence-electron chi connectivity index (χ4n) is 3.46. The van der Waals surface area contributed by atoms with Gasteiger partial charge in [0.05, 0.1) is 6.61 Å². The van der Waals surface area contributed by atoms with Crippen LogP contribution in [0.4, 0.5) is 5.69 Å². The first-order chi connectivity index (χ1) is 16.4. The van der Waals surface area contributed by atoms with Gasteiger partial charge in [0.25, 0.3) is 0 Å². The number of carbonyl (C=O) groups is 2. The molecule has 0 aliphatic rings. The van der Waals surface area contributed by atoms with Gasteiger partial charge in [0.15, 0.2) is 6.10 Å². The van der Waals surface area contributed by atoms with Crippen molar-refractivity contribution >= 4 is 28.9 Å². The number of esters is 1. The maximum Gasteiger partial charge on any atom is 0.335 e. The summed E-state index contributed by atoms with van der Waals surface area (Å²) >= 11 is 1.70. The lowest BCUT2D eigenvalue weighted by atomic mass is 10.1. The van der Waals surface area contributed by atoms with Crippen molar-refractivity contribution in [1.82, 2.24) is 0 Å². The molecule has 0 spiro atoms. The number of rotatable bonds is 11. The van der Waals surface area contributed by atoms with Crippen molar-refractivity contribution in [1.29, 1.82) is 0 Å². The van der Waals surface area contributed by atoms with E-state index in [9.17, 15) is 9.59 Å². The van der Waals surface area contributed by atoms with E-state index in [1.54, 1.807) is 18.3 Å². The van der Waals surface area contributed by atoms with Gasteiger partial charge >= 0.3 is 5.97 Å². The average Bonchev–Trinajstić information content (AvgIpc) is 3.19. The Hall–Kier alpha value is -3.16. The first kappa shape index (κ1) is 25.5. The number of nitrogens with one attached hydrogen (secondary N) is 1. The molecule has 1 unspecified atom stereocenters. The van der Waals surface area contributed by atoms with Crippen LogP contribution in [0.2, 0.25) is 0 Å².